The van der Waals surface area contributed by atoms with Gasteiger partial charge in [-0.15, -0.1) is 11.6 Å². The molecule has 3 nitrogen and oxygen atoms in total. The third-order valence-corrected chi connectivity index (χ3v) is 3.00. The van der Waals surface area contributed by atoms with Crippen molar-refractivity contribution in [2.75, 3.05) is 6.54 Å². The van der Waals surface area contributed by atoms with E-state index < -0.39 is 6.10 Å². The summed E-state index contributed by atoms with van der Waals surface area (Å²) in [6.07, 6.45) is 1.03. The summed E-state index contributed by atoms with van der Waals surface area (Å²) in [5.41, 5.74) is 1.10. The van der Waals surface area contributed by atoms with E-state index >= 15 is 0 Å². The Labute approximate surface area is 106 Å². The molecule has 92 valence electrons. The van der Waals surface area contributed by atoms with Gasteiger partial charge in [0.25, 0.3) is 5.91 Å². The Bertz CT molecular complexity index is 381. The van der Waals surface area contributed by atoms with E-state index in [4.69, 9.17) is 16.3 Å². The fourth-order valence-corrected chi connectivity index (χ4v) is 1.95. The van der Waals surface area contributed by atoms with E-state index in [0.29, 0.717) is 13.0 Å². The van der Waals surface area contributed by atoms with Crippen LogP contribution in [0, 0.1) is 0 Å². The quantitative estimate of drug-likeness (QED) is 0.835. The Morgan fingerprint density at radius 1 is 1.59 bits per heavy atom. The highest BCUT2D eigenvalue weighted by atomic mass is 35.5. The number of ether oxygens (including phenoxy) is 1. The highest BCUT2D eigenvalue weighted by Crippen LogP contribution is 2.27. The summed E-state index contributed by atoms with van der Waals surface area (Å²) < 4.78 is 5.58. The van der Waals surface area contributed by atoms with Crippen molar-refractivity contribution in [1.82, 2.24) is 5.32 Å². The molecule has 0 saturated carbocycles. The summed E-state index contributed by atoms with van der Waals surface area (Å²) in [5.74, 6) is 0.761. The Morgan fingerprint density at radius 2 is 2.35 bits per heavy atom. The first-order chi connectivity index (χ1) is 8.16. The normalized spacial score (nSPS) is 19.3. The van der Waals surface area contributed by atoms with E-state index in [0.717, 1.165) is 17.7 Å². The lowest BCUT2D eigenvalue weighted by Crippen LogP contribution is -2.38. The molecule has 1 amide bonds. The zero-order valence-corrected chi connectivity index (χ0v) is 10.5. The minimum Gasteiger partial charge on any atom is -0.480 e. The molecule has 1 aliphatic heterocycles. The van der Waals surface area contributed by atoms with Crippen LogP contribution in [0.2, 0.25) is 0 Å². The van der Waals surface area contributed by atoms with Crippen molar-refractivity contribution in [1.29, 1.82) is 0 Å². The maximum Gasteiger partial charge on any atom is 0.261 e. The first-order valence-electron chi connectivity index (χ1n) is 5.83. The first-order valence-corrected chi connectivity index (χ1v) is 6.27. The van der Waals surface area contributed by atoms with Gasteiger partial charge >= 0.3 is 0 Å². The Balaban J connectivity index is 1.84. The third-order valence-electron chi connectivity index (χ3n) is 2.78. The van der Waals surface area contributed by atoms with Crippen LogP contribution in [0.15, 0.2) is 24.3 Å². The van der Waals surface area contributed by atoms with Crippen molar-refractivity contribution in [3.8, 4) is 5.75 Å². The van der Waals surface area contributed by atoms with E-state index in [2.05, 4.69) is 5.32 Å². The molecule has 2 unspecified atom stereocenters. The molecule has 17 heavy (non-hydrogen) atoms. The van der Waals surface area contributed by atoms with Crippen LogP contribution >= 0.6 is 11.6 Å². The highest BCUT2D eigenvalue weighted by Gasteiger charge is 2.28. The highest BCUT2D eigenvalue weighted by molar-refractivity contribution is 6.20. The van der Waals surface area contributed by atoms with Gasteiger partial charge < -0.3 is 10.1 Å². The molecule has 0 saturated heterocycles. The standard InChI is InChI=1S/C13H16ClNO2/c1-9(14)6-7-15-13(16)12-8-10-4-2-3-5-11(10)17-12/h2-5,9,12H,6-8H2,1H3,(H,15,16). The number of rotatable bonds is 4. The Kier molecular flexibility index (Phi) is 3.89. The number of carbonyl (C=O) groups excluding carboxylic acids is 1. The van der Waals surface area contributed by atoms with Crippen molar-refractivity contribution in [2.24, 2.45) is 0 Å². The van der Waals surface area contributed by atoms with Crippen LogP contribution in [0.5, 0.6) is 5.75 Å². The molecule has 1 aromatic rings. The maximum absolute atomic E-state index is 11.8. The van der Waals surface area contributed by atoms with Crippen molar-refractivity contribution in [2.45, 2.75) is 31.2 Å². The van der Waals surface area contributed by atoms with Gasteiger partial charge in [0.05, 0.1) is 0 Å². The minimum atomic E-state index is -0.391. The molecular formula is C13H16ClNO2. The third kappa shape index (κ3) is 3.13. The number of hydrogen-bond acceptors (Lipinski definition) is 2. The summed E-state index contributed by atoms with van der Waals surface area (Å²) >= 11 is 5.81. The van der Waals surface area contributed by atoms with Crippen molar-refractivity contribution >= 4 is 17.5 Å². The second-order valence-corrected chi connectivity index (χ2v) is 5.02. The Hall–Kier alpha value is -1.22. The molecule has 0 fully saturated rings. The number of nitrogens with one attached hydrogen (secondary N) is 1. The summed E-state index contributed by atoms with van der Waals surface area (Å²) in [4.78, 5) is 11.8. The number of para-hydroxylation sites is 1. The van der Waals surface area contributed by atoms with E-state index in [1.807, 2.05) is 31.2 Å². The molecule has 2 atom stereocenters. The molecule has 1 aromatic carbocycles. The predicted molar refractivity (Wildman–Crippen MR) is 67.5 cm³/mol. The SMILES string of the molecule is CC(Cl)CCNC(=O)C1Cc2ccccc2O1. The number of hydrogen-bond donors (Lipinski definition) is 1. The summed E-state index contributed by atoms with van der Waals surface area (Å²) in [6.45, 7) is 2.51. The Morgan fingerprint density at radius 3 is 3.06 bits per heavy atom. The molecule has 0 aliphatic carbocycles. The van der Waals surface area contributed by atoms with Crippen LogP contribution in [0.1, 0.15) is 18.9 Å². The summed E-state index contributed by atoms with van der Waals surface area (Å²) in [6, 6.07) is 7.75. The van der Waals surface area contributed by atoms with Gasteiger partial charge in [-0.2, -0.15) is 0 Å². The fourth-order valence-electron chi connectivity index (χ4n) is 1.84. The number of halogens is 1. The number of carbonyl (C=O) groups is 1. The minimum absolute atomic E-state index is 0.0569. The van der Waals surface area contributed by atoms with Gasteiger partial charge in [-0.25, -0.2) is 0 Å². The average molecular weight is 254 g/mol. The van der Waals surface area contributed by atoms with Crippen molar-refractivity contribution in [3.63, 3.8) is 0 Å². The van der Waals surface area contributed by atoms with Gasteiger partial charge in [0, 0.05) is 18.3 Å². The lowest BCUT2D eigenvalue weighted by Gasteiger charge is -2.11. The molecule has 0 bridgehead atoms. The molecule has 1 aliphatic rings. The predicted octanol–water partition coefficient (Wildman–Crippen LogP) is 2.12. The second-order valence-electron chi connectivity index (χ2n) is 4.28. The van der Waals surface area contributed by atoms with Gasteiger partial charge in [0.1, 0.15) is 5.75 Å². The van der Waals surface area contributed by atoms with E-state index in [1.54, 1.807) is 0 Å². The molecule has 0 radical (unpaired) electrons. The van der Waals surface area contributed by atoms with Crippen LogP contribution in [0.4, 0.5) is 0 Å². The summed E-state index contributed by atoms with van der Waals surface area (Å²) in [7, 11) is 0. The van der Waals surface area contributed by atoms with E-state index in [-0.39, 0.29) is 11.3 Å². The van der Waals surface area contributed by atoms with Crippen LogP contribution in [0.25, 0.3) is 0 Å². The molecule has 4 heteroatoms. The first kappa shape index (κ1) is 12.2. The molecular weight excluding hydrogens is 238 g/mol. The van der Waals surface area contributed by atoms with Crippen LogP contribution in [-0.2, 0) is 11.2 Å². The molecule has 0 spiro atoms. The molecule has 2 rings (SSSR count). The van der Waals surface area contributed by atoms with E-state index in [1.165, 1.54) is 0 Å². The van der Waals surface area contributed by atoms with Crippen molar-refractivity contribution < 1.29 is 9.53 Å². The lowest BCUT2D eigenvalue weighted by molar-refractivity contribution is -0.127. The van der Waals surface area contributed by atoms with Gasteiger partial charge in [-0.1, -0.05) is 18.2 Å². The van der Waals surface area contributed by atoms with Crippen LogP contribution < -0.4 is 10.1 Å². The van der Waals surface area contributed by atoms with Crippen molar-refractivity contribution in [3.05, 3.63) is 29.8 Å². The zero-order chi connectivity index (χ0) is 12.3. The zero-order valence-electron chi connectivity index (χ0n) is 9.78. The number of benzene rings is 1. The average Bonchev–Trinajstić information content (AvgIpc) is 2.71. The lowest BCUT2D eigenvalue weighted by atomic mass is 10.1. The molecule has 1 N–H and O–H groups in total. The topological polar surface area (TPSA) is 38.3 Å². The summed E-state index contributed by atoms with van der Waals surface area (Å²) in [5, 5.41) is 2.92. The smallest absolute Gasteiger partial charge is 0.261 e. The van der Waals surface area contributed by atoms with Crippen LogP contribution in [0.3, 0.4) is 0 Å². The maximum atomic E-state index is 11.8. The van der Waals surface area contributed by atoms with Gasteiger partial charge in [-0.3, -0.25) is 4.79 Å². The largest absolute Gasteiger partial charge is 0.480 e. The van der Waals surface area contributed by atoms with Gasteiger partial charge in [0.2, 0.25) is 0 Å². The van der Waals surface area contributed by atoms with Crippen LogP contribution in [-0.4, -0.2) is 23.9 Å². The molecule has 0 aromatic heterocycles. The van der Waals surface area contributed by atoms with E-state index in [9.17, 15) is 4.79 Å². The fraction of sp³-hybridized carbons (Fsp3) is 0.462. The number of alkyl halides is 1. The number of amides is 1. The molecule has 1 heterocycles. The van der Waals surface area contributed by atoms with Gasteiger partial charge in [0.15, 0.2) is 6.10 Å². The second kappa shape index (κ2) is 5.41. The van der Waals surface area contributed by atoms with Gasteiger partial charge in [-0.05, 0) is 25.0 Å². The number of fused-ring (bicyclic) bond motifs is 1. The monoisotopic (exact) mass is 253 g/mol.